The van der Waals surface area contributed by atoms with Crippen LogP contribution in [0.5, 0.6) is 11.5 Å². The van der Waals surface area contributed by atoms with Crippen LogP contribution in [0.3, 0.4) is 0 Å². The number of benzene rings is 3. The molecule has 0 unspecified atom stereocenters. The number of nitrogens with one attached hydrogen (secondary N) is 2. The Bertz CT molecular complexity index is 1370. The lowest BCUT2D eigenvalue weighted by atomic mass is 9.80. The van der Waals surface area contributed by atoms with Gasteiger partial charge < -0.3 is 20.1 Å². The van der Waals surface area contributed by atoms with Gasteiger partial charge >= 0.3 is 0 Å². The standard InChI is InChI=1S/C38H52N2O4/c1-35(2,3)25-17-19-31(27(21-25)37(7,8)9)43-23-33(41)39-29-15-13-14-16-30(29)40-34(42)24-44-32-20-18-26(36(4,5)6)22-28(32)38(10,11)12/h13-22H,23-24H2,1-12H3,(H,39,41)(H,40,42). The van der Waals surface area contributed by atoms with Crippen LogP contribution in [0.25, 0.3) is 0 Å². The molecule has 0 aliphatic carbocycles. The Morgan fingerprint density at radius 2 is 0.864 bits per heavy atom. The zero-order chi connectivity index (χ0) is 33.1. The van der Waals surface area contributed by atoms with Crippen molar-refractivity contribution < 1.29 is 19.1 Å². The van der Waals surface area contributed by atoms with Gasteiger partial charge in [-0.05, 0) is 68.2 Å². The monoisotopic (exact) mass is 600 g/mol. The predicted molar refractivity (Wildman–Crippen MR) is 182 cm³/mol. The van der Waals surface area contributed by atoms with E-state index in [0.29, 0.717) is 22.9 Å². The highest BCUT2D eigenvalue weighted by molar-refractivity contribution is 6.00. The second kappa shape index (κ2) is 13.1. The molecule has 0 saturated heterocycles. The molecule has 6 heteroatoms. The fraction of sp³-hybridized carbons (Fsp3) is 0.474. The molecule has 0 radical (unpaired) electrons. The van der Waals surface area contributed by atoms with Crippen molar-refractivity contribution in [2.75, 3.05) is 23.8 Å². The molecular formula is C38H52N2O4. The van der Waals surface area contributed by atoms with Crippen LogP contribution in [-0.4, -0.2) is 25.0 Å². The topological polar surface area (TPSA) is 76.7 Å². The number of hydrogen-bond acceptors (Lipinski definition) is 4. The van der Waals surface area contributed by atoms with Crippen LogP contribution < -0.4 is 20.1 Å². The van der Waals surface area contributed by atoms with Gasteiger partial charge in [-0.1, -0.05) is 119 Å². The third kappa shape index (κ3) is 9.35. The van der Waals surface area contributed by atoms with Crippen LogP contribution in [0.15, 0.2) is 60.7 Å². The van der Waals surface area contributed by atoms with Crippen molar-refractivity contribution in [2.45, 2.75) is 105 Å². The van der Waals surface area contributed by atoms with Crippen LogP contribution in [-0.2, 0) is 31.2 Å². The maximum atomic E-state index is 13.0. The first-order chi connectivity index (χ1) is 20.2. The van der Waals surface area contributed by atoms with E-state index in [1.165, 1.54) is 11.1 Å². The summed E-state index contributed by atoms with van der Waals surface area (Å²) in [6.07, 6.45) is 0. The van der Waals surface area contributed by atoms with Gasteiger partial charge in [0.25, 0.3) is 11.8 Å². The number of carbonyl (C=O) groups excluding carboxylic acids is 2. The van der Waals surface area contributed by atoms with Gasteiger partial charge in [0.15, 0.2) is 13.2 Å². The summed E-state index contributed by atoms with van der Waals surface area (Å²) in [7, 11) is 0. The molecule has 0 aromatic heterocycles. The molecule has 0 bridgehead atoms. The van der Waals surface area contributed by atoms with Gasteiger partial charge in [0.2, 0.25) is 0 Å². The number of ether oxygens (including phenoxy) is 2. The molecule has 0 heterocycles. The summed E-state index contributed by atoms with van der Waals surface area (Å²) in [6.45, 7) is 25.6. The highest BCUT2D eigenvalue weighted by atomic mass is 16.5. The van der Waals surface area contributed by atoms with Crippen LogP contribution in [0, 0.1) is 0 Å². The van der Waals surface area contributed by atoms with E-state index in [9.17, 15) is 9.59 Å². The van der Waals surface area contributed by atoms with E-state index >= 15 is 0 Å². The van der Waals surface area contributed by atoms with Crippen LogP contribution in [0.4, 0.5) is 11.4 Å². The maximum Gasteiger partial charge on any atom is 0.262 e. The molecular weight excluding hydrogens is 548 g/mol. The minimum Gasteiger partial charge on any atom is -0.483 e. The first-order valence-electron chi connectivity index (χ1n) is 15.4. The van der Waals surface area contributed by atoms with Gasteiger partial charge in [-0.2, -0.15) is 0 Å². The SMILES string of the molecule is CC(C)(C)c1ccc(OCC(=O)Nc2ccccc2NC(=O)COc2ccc(C(C)(C)C)cc2C(C)(C)C)c(C(C)(C)C)c1. The van der Waals surface area contributed by atoms with E-state index in [2.05, 4.69) is 118 Å². The molecule has 6 nitrogen and oxygen atoms in total. The van der Waals surface area contributed by atoms with Crippen molar-refractivity contribution in [3.05, 3.63) is 82.9 Å². The molecule has 3 aromatic carbocycles. The fourth-order valence-electron chi connectivity index (χ4n) is 4.78. The van der Waals surface area contributed by atoms with Crippen molar-refractivity contribution in [2.24, 2.45) is 0 Å². The summed E-state index contributed by atoms with van der Waals surface area (Å²) >= 11 is 0. The van der Waals surface area contributed by atoms with Gasteiger partial charge in [-0.15, -0.1) is 0 Å². The van der Waals surface area contributed by atoms with Crippen molar-refractivity contribution in [3.8, 4) is 11.5 Å². The summed E-state index contributed by atoms with van der Waals surface area (Å²) in [5.41, 5.74) is 5.18. The highest BCUT2D eigenvalue weighted by Crippen LogP contribution is 2.37. The molecule has 0 aliphatic heterocycles. The average Bonchev–Trinajstić information content (AvgIpc) is 2.89. The summed E-state index contributed by atoms with van der Waals surface area (Å²) in [5, 5.41) is 5.77. The second-order valence-corrected chi connectivity index (χ2v) is 15.6. The summed E-state index contributed by atoms with van der Waals surface area (Å²) in [6, 6.07) is 19.4. The maximum absolute atomic E-state index is 13.0. The predicted octanol–water partition coefficient (Wildman–Crippen LogP) is 8.91. The van der Waals surface area contributed by atoms with Crippen molar-refractivity contribution >= 4 is 23.2 Å². The van der Waals surface area contributed by atoms with Gasteiger partial charge in [0.05, 0.1) is 11.4 Å². The van der Waals surface area contributed by atoms with Crippen LogP contribution in [0.1, 0.15) is 105 Å². The Kier molecular flexibility index (Phi) is 10.3. The Morgan fingerprint density at radius 3 is 1.16 bits per heavy atom. The Hall–Kier alpha value is -3.80. The van der Waals surface area contributed by atoms with E-state index in [1.807, 2.05) is 12.1 Å². The molecule has 3 rings (SSSR count). The largest absolute Gasteiger partial charge is 0.483 e. The van der Waals surface area contributed by atoms with Crippen LogP contribution in [0.2, 0.25) is 0 Å². The van der Waals surface area contributed by atoms with E-state index in [-0.39, 0.29) is 46.7 Å². The molecule has 0 atom stereocenters. The normalized spacial score (nSPS) is 12.5. The summed E-state index contributed by atoms with van der Waals surface area (Å²) < 4.78 is 12.0. The average molecular weight is 601 g/mol. The van der Waals surface area contributed by atoms with Gasteiger partial charge in [-0.25, -0.2) is 0 Å². The second-order valence-electron chi connectivity index (χ2n) is 15.6. The van der Waals surface area contributed by atoms with Crippen molar-refractivity contribution in [1.82, 2.24) is 0 Å². The number of amides is 2. The van der Waals surface area contributed by atoms with Crippen LogP contribution >= 0.6 is 0 Å². The minimum atomic E-state index is -0.323. The smallest absolute Gasteiger partial charge is 0.262 e. The lowest BCUT2D eigenvalue weighted by Crippen LogP contribution is -2.25. The number of hydrogen-bond donors (Lipinski definition) is 2. The third-order valence-corrected chi connectivity index (χ3v) is 7.50. The number of anilines is 2. The number of para-hydroxylation sites is 2. The third-order valence-electron chi connectivity index (χ3n) is 7.50. The van der Waals surface area contributed by atoms with E-state index in [0.717, 1.165) is 11.1 Å². The lowest BCUT2D eigenvalue weighted by Gasteiger charge is -2.27. The molecule has 238 valence electrons. The first-order valence-corrected chi connectivity index (χ1v) is 15.4. The van der Waals surface area contributed by atoms with E-state index in [1.54, 1.807) is 24.3 Å². The molecule has 2 N–H and O–H groups in total. The zero-order valence-electron chi connectivity index (χ0n) is 28.8. The van der Waals surface area contributed by atoms with E-state index < -0.39 is 0 Å². The Labute approximate surface area is 264 Å². The summed E-state index contributed by atoms with van der Waals surface area (Å²) in [5.74, 6) is 0.724. The number of rotatable bonds is 8. The Morgan fingerprint density at radius 1 is 0.523 bits per heavy atom. The van der Waals surface area contributed by atoms with E-state index in [4.69, 9.17) is 9.47 Å². The van der Waals surface area contributed by atoms with Gasteiger partial charge in [0, 0.05) is 0 Å². The fourth-order valence-corrected chi connectivity index (χ4v) is 4.78. The first kappa shape index (κ1) is 34.7. The molecule has 3 aromatic rings. The minimum absolute atomic E-state index is 0.000847. The quantitative estimate of drug-likeness (QED) is 0.271. The van der Waals surface area contributed by atoms with Gasteiger partial charge in [-0.3, -0.25) is 9.59 Å². The molecule has 2 amide bonds. The zero-order valence-corrected chi connectivity index (χ0v) is 28.8. The highest BCUT2D eigenvalue weighted by Gasteiger charge is 2.25. The van der Waals surface area contributed by atoms with Crippen molar-refractivity contribution in [1.29, 1.82) is 0 Å². The van der Waals surface area contributed by atoms with Gasteiger partial charge in [0.1, 0.15) is 11.5 Å². The molecule has 0 spiro atoms. The molecule has 0 fully saturated rings. The number of carbonyl (C=O) groups is 2. The van der Waals surface area contributed by atoms with Crippen molar-refractivity contribution in [3.63, 3.8) is 0 Å². The Balaban J connectivity index is 1.68. The lowest BCUT2D eigenvalue weighted by molar-refractivity contribution is -0.119. The summed E-state index contributed by atoms with van der Waals surface area (Å²) in [4.78, 5) is 26.0. The molecule has 0 saturated carbocycles. The molecule has 0 aliphatic rings. The molecule has 44 heavy (non-hydrogen) atoms.